The van der Waals surface area contributed by atoms with Crippen molar-refractivity contribution in [2.24, 2.45) is 0 Å². The predicted molar refractivity (Wildman–Crippen MR) is 78.8 cm³/mol. The van der Waals surface area contributed by atoms with Gasteiger partial charge in [-0.25, -0.2) is 0 Å². The molecule has 1 N–H and O–H groups in total. The Balaban J connectivity index is 1.84. The highest BCUT2D eigenvalue weighted by atomic mass is 16.7. The highest BCUT2D eigenvalue weighted by Gasteiger charge is 2.13. The third-order valence-corrected chi connectivity index (χ3v) is 3.32. The Bertz CT molecular complexity index is 711. The second-order valence-corrected chi connectivity index (χ2v) is 4.78. The van der Waals surface area contributed by atoms with Gasteiger partial charge >= 0.3 is 0 Å². The molecule has 0 aromatic heterocycles. The number of phenolic OH excluding ortho intramolecular Hbond substituents is 1. The van der Waals surface area contributed by atoms with Gasteiger partial charge in [-0.15, -0.1) is 0 Å². The highest BCUT2D eigenvalue weighted by Crippen LogP contribution is 2.33. The van der Waals surface area contributed by atoms with Crippen LogP contribution in [0.1, 0.15) is 21.5 Å². The molecule has 0 radical (unpaired) electrons. The first-order valence-corrected chi connectivity index (χ1v) is 6.56. The molecular weight excluding hydrogens is 268 g/mol. The van der Waals surface area contributed by atoms with E-state index in [2.05, 4.69) is 0 Å². The number of aromatic hydroxyl groups is 1. The van der Waals surface area contributed by atoms with Gasteiger partial charge in [-0.3, -0.25) is 4.79 Å². The zero-order chi connectivity index (χ0) is 14.8. The number of rotatable bonds is 3. The number of ketones is 1. The molecule has 21 heavy (non-hydrogen) atoms. The summed E-state index contributed by atoms with van der Waals surface area (Å²) in [5.41, 5.74) is 1.91. The highest BCUT2D eigenvalue weighted by molar-refractivity contribution is 6.09. The third-order valence-electron chi connectivity index (χ3n) is 3.32. The Morgan fingerprint density at radius 2 is 2.00 bits per heavy atom. The van der Waals surface area contributed by atoms with E-state index < -0.39 is 0 Å². The molecule has 0 unspecified atom stereocenters. The van der Waals surface area contributed by atoms with E-state index in [0.717, 1.165) is 11.1 Å². The molecule has 1 aliphatic rings. The fourth-order valence-electron chi connectivity index (χ4n) is 2.24. The van der Waals surface area contributed by atoms with Crippen LogP contribution in [0, 0.1) is 6.92 Å². The fraction of sp³-hybridized carbons (Fsp3) is 0.118. The molecule has 0 atom stereocenters. The molecule has 0 saturated carbocycles. The first-order chi connectivity index (χ1) is 10.1. The van der Waals surface area contributed by atoms with Crippen molar-refractivity contribution in [3.8, 4) is 17.2 Å². The SMILES string of the molecule is Cc1cccc(O)c1C(=O)/C=C/c1ccc2c(c1)OCO2. The van der Waals surface area contributed by atoms with Crippen molar-refractivity contribution in [1.29, 1.82) is 0 Å². The monoisotopic (exact) mass is 282 g/mol. The Kier molecular flexibility index (Phi) is 3.36. The maximum absolute atomic E-state index is 12.2. The van der Waals surface area contributed by atoms with E-state index in [4.69, 9.17) is 9.47 Å². The van der Waals surface area contributed by atoms with Crippen LogP contribution in [0.25, 0.3) is 6.08 Å². The van der Waals surface area contributed by atoms with E-state index >= 15 is 0 Å². The summed E-state index contributed by atoms with van der Waals surface area (Å²) in [6.07, 6.45) is 3.13. The fourth-order valence-corrected chi connectivity index (χ4v) is 2.24. The first-order valence-electron chi connectivity index (χ1n) is 6.56. The second-order valence-electron chi connectivity index (χ2n) is 4.78. The first kappa shape index (κ1) is 13.2. The van der Waals surface area contributed by atoms with Crippen LogP contribution in [0.3, 0.4) is 0 Å². The molecule has 0 bridgehead atoms. The lowest BCUT2D eigenvalue weighted by atomic mass is 10.0. The van der Waals surface area contributed by atoms with Crippen LogP contribution in [0.2, 0.25) is 0 Å². The lowest BCUT2D eigenvalue weighted by Gasteiger charge is -2.04. The lowest BCUT2D eigenvalue weighted by molar-refractivity contribution is 0.104. The van der Waals surface area contributed by atoms with E-state index in [9.17, 15) is 9.90 Å². The number of fused-ring (bicyclic) bond motifs is 1. The largest absolute Gasteiger partial charge is 0.507 e. The van der Waals surface area contributed by atoms with Crippen LogP contribution in [-0.2, 0) is 0 Å². The third kappa shape index (κ3) is 2.60. The number of ether oxygens (including phenoxy) is 2. The van der Waals surface area contributed by atoms with Crippen LogP contribution in [0.5, 0.6) is 17.2 Å². The Hall–Kier alpha value is -2.75. The number of hydrogen-bond donors (Lipinski definition) is 1. The summed E-state index contributed by atoms with van der Waals surface area (Å²) in [4.78, 5) is 12.2. The van der Waals surface area contributed by atoms with E-state index in [0.29, 0.717) is 17.1 Å². The van der Waals surface area contributed by atoms with Gasteiger partial charge < -0.3 is 14.6 Å². The van der Waals surface area contributed by atoms with Gasteiger partial charge in [-0.2, -0.15) is 0 Å². The summed E-state index contributed by atoms with van der Waals surface area (Å²) in [7, 11) is 0. The molecule has 2 aromatic rings. The zero-order valence-corrected chi connectivity index (χ0v) is 11.5. The molecule has 2 aromatic carbocycles. The molecule has 4 heteroatoms. The minimum Gasteiger partial charge on any atom is -0.507 e. The second kappa shape index (κ2) is 5.32. The van der Waals surface area contributed by atoms with Crippen molar-refractivity contribution in [2.45, 2.75) is 6.92 Å². The number of phenols is 1. The number of hydrogen-bond acceptors (Lipinski definition) is 4. The standard InChI is InChI=1S/C17H14O4/c1-11-3-2-4-13(18)17(11)14(19)7-5-12-6-8-15-16(9-12)21-10-20-15/h2-9,18H,10H2,1H3/b7-5+. The number of aryl methyl sites for hydroxylation is 1. The normalized spacial score (nSPS) is 12.8. The van der Waals surface area contributed by atoms with Crippen molar-refractivity contribution >= 4 is 11.9 Å². The summed E-state index contributed by atoms with van der Waals surface area (Å²) in [6, 6.07) is 10.5. The molecule has 0 aliphatic carbocycles. The van der Waals surface area contributed by atoms with Gasteiger partial charge in [0.15, 0.2) is 17.3 Å². The summed E-state index contributed by atoms with van der Waals surface area (Å²) in [5.74, 6) is 1.14. The molecule has 106 valence electrons. The smallest absolute Gasteiger partial charge is 0.231 e. The topological polar surface area (TPSA) is 55.8 Å². The molecule has 4 nitrogen and oxygen atoms in total. The molecule has 0 fully saturated rings. The van der Waals surface area contributed by atoms with Gasteiger partial charge in [-0.05, 0) is 42.3 Å². The summed E-state index contributed by atoms with van der Waals surface area (Å²) in [6.45, 7) is 2.01. The van der Waals surface area contributed by atoms with E-state index in [1.54, 1.807) is 31.2 Å². The maximum Gasteiger partial charge on any atom is 0.231 e. The predicted octanol–water partition coefficient (Wildman–Crippen LogP) is 3.33. The van der Waals surface area contributed by atoms with Crippen molar-refractivity contribution in [2.75, 3.05) is 6.79 Å². The van der Waals surface area contributed by atoms with E-state index in [-0.39, 0.29) is 18.3 Å². The van der Waals surface area contributed by atoms with Gasteiger partial charge in [0.05, 0.1) is 5.56 Å². The number of carbonyl (C=O) groups is 1. The van der Waals surface area contributed by atoms with Gasteiger partial charge in [0.2, 0.25) is 6.79 Å². The van der Waals surface area contributed by atoms with E-state index in [1.165, 1.54) is 12.1 Å². The zero-order valence-electron chi connectivity index (χ0n) is 11.5. The average Bonchev–Trinajstić information content (AvgIpc) is 2.92. The molecule has 3 rings (SSSR count). The van der Waals surface area contributed by atoms with Crippen LogP contribution in [0.15, 0.2) is 42.5 Å². The Morgan fingerprint density at radius 1 is 1.19 bits per heavy atom. The summed E-state index contributed by atoms with van der Waals surface area (Å²) in [5, 5.41) is 9.79. The summed E-state index contributed by atoms with van der Waals surface area (Å²) < 4.78 is 10.5. The molecule has 0 spiro atoms. The molecule has 0 saturated heterocycles. The minimum atomic E-state index is -0.233. The van der Waals surface area contributed by atoms with E-state index in [1.807, 2.05) is 12.1 Å². The Labute approximate surface area is 122 Å². The van der Waals surface area contributed by atoms with Crippen molar-refractivity contribution in [3.05, 3.63) is 59.2 Å². The lowest BCUT2D eigenvalue weighted by Crippen LogP contribution is -1.98. The quantitative estimate of drug-likeness (QED) is 0.693. The van der Waals surface area contributed by atoms with Crippen molar-refractivity contribution in [3.63, 3.8) is 0 Å². The maximum atomic E-state index is 12.2. The number of benzene rings is 2. The minimum absolute atomic E-state index is 0.00432. The van der Waals surface area contributed by atoms with Gasteiger partial charge in [0.1, 0.15) is 5.75 Å². The number of allylic oxidation sites excluding steroid dienone is 1. The van der Waals surface area contributed by atoms with Crippen molar-refractivity contribution < 1.29 is 19.4 Å². The van der Waals surface area contributed by atoms with Crippen LogP contribution in [-0.4, -0.2) is 17.7 Å². The van der Waals surface area contributed by atoms with Gasteiger partial charge in [-0.1, -0.05) is 24.3 Å². The van der Waals surface area contributed by atoms with Gasteiger partial charge in [0, 0.05) is 0 Å². The molecule has 1 heterocycles. The number of carbonyl (C=O) groups excluding carboxylic acids is 1. The summed E-state index contributed by atoms with van der Waals surface area (Å²) >= 11 is 0. The molecular formula is C17H14O4. The van der Waals surface area contributed by atoms with Gasteiger partial charge in [0.25, 0.3) is 0 Å². The van der Waals surface area contributed by atoms with Crippen LogP contribution >= 0.6 is 0 Å². The molecule has 1 aliphatic heterocycles. The Morgan fingerprint density at radius 3 is 2.81 bits per heavy atom. The molecule has 0 amide bonds. The van der Waals surface area contributed by atoms with Crippen LogP contribution < -0.4 is 9.47 Å². The van der Waals surface area contributed by atoms with Crippen molar-refractivity contribution in [1.82, 2.24) is 0 Å². The van der Waals surface area contributed by atoms with Crippen LogP contribution in [0.4, 0.5) is 0 Å². The average molecular weight is 282 g/mol.